The molecule has 0 aliphatic rings. The van der Waals surface area contributed by atoms with Crippen molar-refractivity contribution in [2.24, 2.45) is 5.92 Å². The number of hydrogen-bond acceptors (Lipinski definition) is 2. The molecule has 0 fully saturated rings. The van der Waals surface area contributed by atoms with Crippen LogP contribution in [0.15, 0.2) is 22.7 Å². The second-order valence-electron chi connectivity index (χ2n) is 4.60. The highest BCUT2D eigenvalue weighted by Gasteiger charge is 2.32. The first-order valence-electron chi connectivity index (χ1n) is 5.54. The van der Waals surface area contributed by atoms with Crippen molar-refractivity contribution in [1.29, 1.82) is 0 Å². The smallest absolute Gasteiger partial charge is 0.123 e. The van der Waals surface area contributed by atoms with E-state index < -0.39 is 5.60 Å². The van der Waals surface area contributed by atoms with Crippen LogP contribution in [0.1, 0.15) is 19.4 Å². The Balaban J connectivity index is 2.97. The highest BCUT2D eigenvalue weighted by atomic mass is 79.9. The molecule has 0 amide bonds. The molecule has 96 valence electrons. The summed E-state index contributed by atoms with van der Waals surface area (Å²) in [5.74, 6) is -0.274. The molecule has 0 aromatic heterocycles. The molecular weight excluding hydrogens is 287 g/mol. The first kappa shape index (κ1) is 14.6. The van der Waals surface area contributed by atoms with Crippen molar-refractivity contribution in [3.05, 3.63) is 34.1 Å². The van der Waals surface area contributed by atoms with Gasteiger partial charge in [-0.15, -0.1) is 0 Å². The number of halogens is 2. The van der Waals surface area contributed by atoms with Gasteiger partial charge < -0.3 is 9.84 Å². The van der Waals surface area contributed by atoms with Crippen molar-refractivity contribution >= 4 is 15.9 Å². The Labute approximate surface area is 110 Å². The molecule has 0 saturated carbocycles. The maximum absolute atomic E-state index is 13.2. The molecule has 1 aromatic carbocycles. The maximum Gasteiger partial charge on any atom is 0.123 e. The van der Waals surface area contributed by atoms with Crippen LogP contribution in [-0.2, 0) is 11.2 Å². The van der Waals surface area contributed by atoms with Gasteiger partial charge in [0.2, 0.25) is 0 Å². The van der Waals surface area contributed by atoms with Crippen LogP contribution in [-0.4, -0.2) is 24.4 Å². The molecular formula is C13H18BrFO2. The normalized spacial score (nSPS) is 15.0. The third-order valence-electron chi connectivity index (χ3n) is 2.97. The summed E-state index contributed by atoms with van der Waals surface area (Å²) in [6, 6.07) is 4.48. The van der Waals surface area contributed by atoms with Gasteiger partial charge in [0.25, 0.3) is 0 Å². The number of ether oxygens (including phenoxy) is 1. The minimum absolute atomic E-state index is 0.0256. The summed E-state index contributed by atoms with van der Waals surface area (Å²) in [5.41, 5.74) is -0.233. The quantitative estimate of drug-likeness (QED) is 0.905. The lowest BCUT2D eigenvalue weighted by molar-refractivity contribution is -0.0638. The molecule has 1 N–H and O–H groups in total. The summed E-state index contributed by atoms with van der Waals surface area (Å²) in [7, 11) is 1.55. The third-order valence-corrected chi connectivity index (χ3v) is 3.75. The van der Waals surface area contributed by atoms with E-state index in [0.29, 0.717) is 6.42 Å². The molecule has 0 spiro atoms. The monoisotopic (exact) mass is 304 g/mol. The first-order valence-corrected chi connectivity index (χ1v) is 6.33. The van der Waals surface area contributed by atoms with Gasteiger partial charge in [-0.1, -0.05) is 29.8 Å². The molecule has 0 radical (unpaired) electrons. The van der Waals surface area contributed by atoms with Crippen LogP contribution in [0.3, 0.4) is 0 Å². The molecule has 2 nitrogen and oxygen atoms in total. The van der Waals surface area contributed by atoms with Gasteiger partial charge in [0, 0.05) is 18.0 Å². The number of hydrogen-bond donors (Lipinski definition) is 1. The van der Waals surface area contributed by atoms with Gasteiger partial charge in [-0.2, -0.15) is 0 Å². The Bertz CT molecular complexity index is 382. The highest BCUT2D eigenvalue weighted by molar-refractivity contribution is 9.10. The molecule has 0 aliphatic heterocycles. The Kier molecular flexibility index (Phi) is 5.10. The van der Waals surface area contributed by atoms with Crippen molar-refractivity contribution in [2.75, 3.05) is 13.7 Å². The highest BCUT2D eigenvalue weighted by Crippen LogP contribution is 2.27. The average molecular weight is 305 g/mol. The van der Waals surface area contributed by atoms with Gasteiger partial charge >= 0.3 is 0 Å². The molecule has 1 atom stereocenters. The van der Waals surface area contributed by atoms with Crippen LogP contribution in [0, 0.1) is 11.7 Å². The molecule has 1 rings (SSSR count). The van der Waals surface area contributed by atoms with Crippen molar-refractivity contribution in [3.63, 3.8) is 0 Å². The minimum atomic E-state index is -0.981. The van der Waals surface area contributed by atoms with E-state index in [-0.39, 0.29) is 18.3 Å². The number of aliphatic hydroxyl groups is 1. The van der Waals surface area contributed by atoms with Gasteiger partial charge in [0.1, 0.15) is 5.82 Å². The largest absolute Gasteiger partial charge is 0.387 e. The number of rotatable bonds is 5. The van der Waals surface area contributed by atoms with Crippen LogP contribution in [0.25, 0.3) is 0 Å². The van der Waals surface area contributed by atoms with E-state index in [9.17, 15) is 9.50 Å². The van der Waals surface area contributed by atoms with Gasteiger partial charge in [0.15, 0.2) is 0 Å². The third kappa shape index (κ3) is 3.76. The molecule has 0 aliphatic carbocycles. The van der Waals surface area contributed by atoms with Crippen LogP contribution >= 0.6 is 15.9 Å². The lowest BCUT2D eigenvalue weighted by atomic mass is 9.85. The van der Waals surface area contributed by atoms with Crippen LogP contribution in [0.2, 0.25) is 0 Å². The number of benzene rings is 1. The Morgan fingerprint density at radius 2 is 2.12 bits per heavy atom. The zero-order chi connectivity index (χ0) is 13.1. The van der Waals surface area contributed by atoms with E-state index in [2.05, 4.69) is 15.9 Å². The summed E-state index contributed by atoms with van der Waals surface area (Å²) in [6.07, 6.45) is 0.358. The second kappa shape index (κ2) is 5.94. The molecule has 1 unspecified atom stereocenters. The van der Waals surface area contributed by atoms with Gasteiger partial charge in [0.05, 0.1) is 12.2 Å². The van der Waals surface area contributed by atoms with Gasteiger partial charge in [-0.05, 0) is 29.7 Å². The molecule has 0 heterocycles. The van der Waals surface area contributed by atoms with Crippen LogP contribution in [0.5, 0.6) is 0 Å². The van der Waals surface area contributed by atoms with Crippen LogP contribution < -0.4 is 0 Å². The standard InChI is InChI=1S/C13H18BrFO2/c1-9(2)13(16,8-17-3)7-10-6-11(15)4-5-12(10)14/h4-6,9,16H,7-8H2,1-3H3. The lowest BCUT2D eigenvalue weighted by Crippen LogP contribution is -2.42. The van der Waals surface area contributed by atoms with E-state index in [0.717, 1.165) is 10.0 Å². The SMILES string of the molecule is COCC(O)(Cc1cc(F)ccc1Br)C(C)C. The summed E-state index contributed by atoms with van der Waals surface area (Å²) < 4.78 is 19.0. The predicted molar refractivity (Wildman–Crippen MR) is 69.5 cm³/mol. The fraction of sp³-hybridized carbons (Fsp3) is 0.538. The molecule has 0 bridgehead atoms. The number of methoxy groups -OCH3 is 1. The van der Waals surface area contributed by atoms with E-state index in [1.807, 2.05) is 13.8 Å². The van der Waals surface area contributed by atoms with Gasteiger partial charge in [-0.3, -0.25) is 0 Å². The van der Waals surface area contributed by atoms with Gasteiger partial charge in [-0.25, -0.2) is 4.39 Å². The topological polar surface area (TPSA) is 29.5 Å². The first-order chi connectivity index (χ1) is 7.89. The fourth-order valence-electron chi connectivity index (χ4n) is 1.68. The van der Waals surface area contributed by atoms with Crippen molar-refractivity contribution in [1.82, 2.24) is 0 Å². The summed E-state index contributed by atoms with van der Waals surface area (Å²) in [5, 5.41) is 10.5. The predicted octanol–water partition coefficient (Wildman–Crippen LogP) is 3.16. The van der Waals surface area contributed by atoms with Crippen molar-refractivity contribution in [2.45, 2.75) is 25.9 Å². The Morgan fingerprint density at radius 1 is 1.47 bits per heavy atom. The molecule has 0 saturated heterocycles. The van der Waals surface area contributed by atoms with Crippen LogP contribution in [0.4, 0.5) is 4.39 Å². The summed E-state index contributed by atoms with van der Waals surface area (Å²) in [6.45, 7) is 4.08. The molecule has 1 aromatic rings. The van der Waals surface area contributed by atoms with Crippen molar-refractivity contribution in [3.8, 4) is 0 Å². The van der Waals surface area contributed by atoms with E-state index >= 15 is 0 Å². The van der Waals surface area contributed by atoms with Crippen molar-refractivity contribution < 1.29 is 14.2 Å². The van der Waals surface area contributed by atoms with E-state index in [1.54, 1.807) is 13.2 Å². The zero-order valence-corrected chi connectivity index (χ0v) is 11.9. The van der Waals surface area contributed by atoms with E-state index in [4.69, 9.17) is 4.74 Å². The average Bonchev–Trinajstić information content (AvgIpc) is 2.23. The lowest BCUT2D eigenvalue weighted by Gasteiger charge is -2.32. The zero-order valence-electron chi connectivity index (χ0n) is 10.3. The fourth-order valence-corrected chi connectivity index (χ4v) is 2.07. The maximum atomic E-state index is 13.2. The molecule has 4 heteroatoms. The second-order valence-corrected chi connectivity index (χ2v) is 5.46. The Hall–Kier alpha value is -0.450. The summed E-state index contributed by atoms with van der Waals surface area (Å²) in [4.78, 5) is 0. The van der Waals surface area contributed by atoms with E-state index in [1.165, 1.54) is 12.1 Å². The minimum Gasteiger partial charge on any atom is -0.387 e. The molecule has 17 heavy (non-hydrogen) atoms. The Morgan fingerprint density at radius 3 is 2.65 bits per heavy atom. The summed E-state index contributed by atoms with van der Waals surface area (Å²) >= 11 is 3.36.